The molecule has 6 nitrogen and oxygen atoms in total. The van der Waals surface area contributed by atoms with Gasteiger partial charge in [0.25, 0.3) is 5.91 Å². The van der Waals surface area contributed by atoms with Crippen molar-refractivity contribution in [2.75, 3.05) is 12.4 Å². The molecule has 1 aromatic carbocycles. The number of aryl methyl sites for hydroxylation is 2. The highest BCUT2D eigenvalue weighted by Crippen LogP contribution is 2.23. The standard InChI is InChI=1S/C18H19N3O3/c1-11-8-16(13(3)21(11)17-9-12(2)24-20-17)18(22)19-14-6-5-7-15(10-14)23-4/h5-10H,1-4H3,(H,19,22). The molecule has 2 aromatic heterocycles. The molecule has 0 bridgehead atoms. The van der Waals surface area contributed by atoms with E-state index in [1.165, 1.54) is 0 Å². The van der Waals surface area contributed by atoms with E-state index in [0.717, 1.165) is 17.1 Å². The van der Waals surface area contributed by atoms with Crippen LogP contribution in [0.5, 0.6) is 5.75 Å². The molecule has 0 unspecified atom stereocenters. The normalized spacial score (nSPS) is 10.7. The van der Waals surface area contributed by atoms with Gasteiger partial charge in [-0.15, -0.1) is 0 Å². The largest absolute Gasteiger partial charge is 0.497 e. The minimum Gasteiger partial charge on any atom is -0.497 e. The van der Waals surface area contributed by atoms with Crippen molar-refractivity contribution < 1.29 is 14.1 Å². The number of carbonyl (C=O) groups is 1. The van der Waals surface area contributed by atoms with Gasteiger partial charge in [0.05, 0.1) is 12.7 Å². The van der Waals surface area contributed by atoms with Gasteiger partial charge in [-0.2, -0.15) is 0 Å². The summed E-state index contributed by atoms with van der Waals surface area (Å²) in [6.07, 6.45) is 0. The van der Waals surface area contributed by atoms with Crippen molar-refractivity contribution >= 4 is 11.6 Å². The highest BCUT2D eigenvalue weighted by molar-refractivity contribution is 6.05. The first kappa shape index (κ1) is 15.9. The third-order valence-electron chi connectivity index (χ3n) is 3.85. The van der Waals surface area contributed by atoms with E-state index < -0.39 is 0 Å². The Morgan fingerprint density at radius 1 is 1.21 bits per heavy atom. The Kier molecular flexibility index (Phi) is 4.12. The molecule has 0 aliphatic heterocycles. The summed E-state index contributed by atoms with van der Waals surface area (Å²) >= 11 is 0. The predicted octanol–water partition coefficient (Wildman–Crippen LogP) is 3.65. The van der Waals surface area contributed by atoms with Gasteiger partial charge in [-0.25, -0.2) is 0 Å². The summed E-state index contributed by atoms with van der Waals surface area (Å²) < 4.78 is 12.2. The third-order valence-corrected chi connectivity index (χ3v) is 3.85. The fourth-order valence-corrected chi connectivity index (χ4v) is 2.70. The number of hydrogen-bond acceptors (Lipinski definition) is 4. The molecule has 124 valence electrons. The molecule has 3 rings (SSSR count). The highest BCUT2D eigenvalue weighted by atomic mass is 16.5. The van der Waals surface area contributed by atoms with Gasteiger partial charge in [0.1, 0.15) is 11.5 Å². The molecule has 0 saturated carbocycles. The lowest BCUT2D eigenvalue weighted by Gasteiger charge is -2.08. The van der Waals surface area contributed by atoms with Crippen molar-refractivity contribution in [1.29, 1.82) is 0 Å². The fourth-order valence-electron chi connectivity index (χ4n) is 2.70. The van der Waals surface area contributed by atoms with Crippen LogP contribution in [-0.4, -0.2) is 22.7 Å². The summed E-state index contributed by atoms with van der Waals surface area (Å²) in [6, 6.07) is 10.9. The summed E-state index contributed by atoms with van der Waals surface area (Å²) in [5, 5.41) is 6.92. The van der Waals surface area contributed by atoms with Crippen LogP contribution >= 0.6 is 0 Å². The molecule has 6 heteroatoms. The van der Waals surface area contributed by atoms with E-state index in [9.17, 15) is 4.79 Å². The van der Waals surface area contributed by atoms with Crippen molar-refractivity contribution in [2.24, 2.45) is 0 Å². The topological polar surface area (TPSA) is 69.3 Å². The quantitative estimate of drug-likeness (QED) is 0.795. The average molecular weight is 325 g/mol. The van der Waals surface area contributed by atoms with Gasteiger partial charge in [-0.3, -0.25) is 9.36 Å². The number of aromatic nitrogens is 2. The first-order valence-corrected chi connectivity index (χ1v) is 7.57. The zero-order valence-corrected chi connectivity index (χ0v) is 14.1. The summed E-state index contributed by atoms with van der Waals surface area (Å²) in [5.41, 5.74) is 3.00. The number of nitrogens with one attached hydrogen (secondary N) is 1. The van der Waals surface area contributed by atoms with E-state index in [-0.39, 0.29) is 5.91 Å². The Balaban J connectivity index is 1.90. The van der Waals surface area contributed by atoms with Gasteiger partial charge in [-0.05, 0) is 39.0 Å². The van der Waals surface area contributed by atoms with Crippen molar-refractivity contribution in [2.45, 2.75) is 20.8 Å². The molecular formula is C18H19N3O3. The molecule has 0 saturated heterocycles. The SMILES string of the molecule is COc1cccc(NC(=O)c2cc(C)n(-c3cc(C)on3)c2C)c1. The minimum absolute atomic E-state index is 0.178. The Morgan fingerprint density at radius 2 is 2.00 bits per heavy atom. The van der Waals surface area contributed by atoms with E-state index >= 15 is 0 Å². The second-order valence-corrected chi connectivity index (χ2v) is 5.60. The second kappa shape index (κ2) is 6.23. The second-order valence-electron chi connectivity index (χ2n) is 5.60. The Labute approximate surface area is 140 Å². The van der Waals surface area contributed by atoms with Crippen LogP contribution in [0.3, 0.4) is 0 Å². The van der Waals surface area contributed by atoms with Crippen molar-refractivity contribution in [3.05, 3.63) is 59.1 Å². The number of ether oxygens (including phenoxy) is 1. The van der Waals surface area contributed by atoms with Crippen LogP contribution in [0.15, 0.2) is 40.9 Å². The summed E-state index contributed by atoms with van der Waals surface area (Å²) in [6.45, 7) is 5.65. The molecule has 1 amide bonds. The number of amides is 1. The van der Waals surface area contributed by atoms with Gasteiger partial charge in [0.15, 0.2) is 5.82 Å². The molecule has 0 fully saturated rings. The van der Waals surface area contributed by atoms with Crippen LogP contribution in [-0.2, 0) is 0 Å². The molecule has 1 N–H and O–H groups in total. The van der Waals surface area contributed by atoms with E-state index in [2.05, 4.69) is 10.5 Å². The van der Waals surface area contributed by atoms with E-state index in [4.69, 9.17) is 9.26 Å². The first-order chi connectivity index (χ1) is 11.5. The Bertz CT molecular complexity index is 893. The molecule has 0 aliphatic carbocycles. The summed E-state index contributed by atoms with van der Waals surface area (Å²) in [4.78, 5) is 12.6. The van der Waals surface area contributed by atoms with E-state index in [1.807, 2.05) is 55.7 Å². The Morgan fingerprint density at radius 3 is 2.67 bits per heavy atom. The zero-order valence-electron chi connectivity index (χ0n) is 14.1. The van der Waals surface area contributed by atoms with Crippen molar-refractivity contribution in [3.63, 3.8) is 0 Å². The lowest BCUT2D eigenvalue weighted by molar-refractivity contribution is 0.102. The molecule has 3 aromatic rings. The number of hydrogen-bond donors (Lipinski definition) is 1. The van der Waals surface area contributed by atoms with Gasteiger partial charge < -0.3 is 14.6 Å². The van der Waals surface area contributed by atoms with Gasteiger partial charge in [0, 0.05) is 29.2 Å². The van der Waals surface area contributed by atoms with Crippen LogP contribution < -0.4 is 10.1 Å². The Hall–Kier alpha value is -3.02. The summed E-state index contributed by atoms with van der Waals surface area (Å²) in [7, 11) is 1.59. The van der Waals surface area contributed by atoms with Gasteiger partial charge in [-0.1, -0.05) is 11.2 Å². The smallest absolute Gasteiger partial charge is 0.257 e. The number of methoxy groups -OCH3 is 1. The molecule has 0 radical (unpaired) electrons. The van der Waals surface area contributed by atoms with Crippen molar-refractivity contribution in [1.82, 2.24) is 9.72 Å². The third kappa shape index (κ3) is 2.90. The average Bonchev–Trinajstić information content (AvgIpc) is 3.10. The van der Waals surface area contributed by atoms with Crippen LogP contribution in [0.2, 0.25) is 0 Å². The number of benzene rings is 1. The lowest BCUT2D eigenvalue weighted by Crippen LogP contribution is -2.13. The number of nitrogens with zero attached hydrogens (tertiary/aromatic N) is 2. The minimum atomic E-state index is -0.178. The summed E-state index contributed by atoms with van der Waals surface area (Å²) in [5.74, 6) is 1.90. The number of rotatable bonds is 4. The maximum absolute atomic E-state index is 12.6. The highest BCUT2D eigenvalue weighted by Gasteiger charge is 2.18. The first-order valence-electron chi connectivity index (χ1n) is 7.57. The maximum Gasteiger partial charge on any atom is 0.257 e. The fraction of sp³-hybridized carbons (Fsp3) is 0.222. The monoisotopic (exact) mass is 325 g/mol. The zero-order chi connectivity index (χ0) is 17.3. The van der Waals surface area contributed by atoms with Gasteiger partial charge in [0.2, 0.25) is 0 Å². The van der Waals surface area contributed by atoms with E-state index in [0.29, 0.717) is 22.8 Å². The van der Waals surface area contributed by atoms with Crippen LogP contribution in [0.1, 0.15) is 27.5 Å². The number of anilines is 1. The molecular weight excluding hydrogens is 306 g/mol. The molecule has 2 heterocycles. The van der Waals surface area contributed by atoms with Crippen LogP contribution in [0.4, 0.5) is 5.69 Å². The van der Waals surface area contributed by atoms with Gasteiger partial charge >= 0.3 is 0 Å². The van der Waals surface area contributed by atoms with Crippen molar-refractivity contribution in [3.8, 4) is 11.6 Å². The predicted molar refractivity (Wildman–Crippen MR) is 91.0 cm³/mol. The molecule has 0 spiro atoms. The van der Waals surface area contributed by atoms with Crippen LogP contribution in [0.25, 0.3) is 5.82 Å². The maximum atomic E-state index is 12.6. The lowest BCUT2D eigenvalue weighted by atomic mass is 10.2. The van der Waals surface area contributed by atoms with Crippen LogP contribution in [0, 0.1) is 20.8 Å². The molecule has 24 heavy (non-hydrogen) atoms. The number of carbonyl (C=O) groups excluding carboxylic acids is 1. The van der Waals surface area contributed by atoms with E-state index in [1.54, 1.807) is 13.2 Å². The molecule has 0 aliphatic rings. The molecule has 0 atom stereocenters.